The molecular weight excluding hydrogens is 214 g/mol. The van der Waals surface area contributed by atoms with Crippen molar-refractivity contribution < 1.29 is 24.6 Å². The van der Waals surface area contributed by atoms with Crippen LogP contribution in [-0.4, -0.2) is 46.0 Å². The fraction of sp³-hybridized carbons (Fsp3) is 0.500. The highest BCUT2D eigenvalue weighted by Crippen LogP contribution is 2.12. The quantitative estimate of drug-likeness (QED) is 0.649. The SMILES string of the molecule is O=C(O)C=C(CCN1CCCC1=O)C(=O)O. The lowest BCUT2D eigenvalue weighted by molar-refractivity contribution is -0.135. The van der Waals surface area contributed by atoms with Crippen molar-refractivity contribution in [3.8, 4) is 0 Å². The number of carboxylic acids is 2. The Bertz CT molecular complexity index is 347. The van der Waals surface area contributed by atoms with Crippen molar-refractivity contribution in [2.24, 2.45) is 0 Å². The summed E-state index contributed by atoms with van der Waals surface area (Å²) in [6, 6.07) is 0. The number of rotatable bonds is 5. The molecule has 0 aromatic heterocycles. The van der Waals surface area contributed by atoms with E-state index in [4.69, 9.17) is 10.2 Å². The van der Waals surface area contributed by atoms with Gasteiger partial charge in [-0.25, -0.2) is 9.59 Å². The van der Waals surface area contributed by atoms with Crippen LogP contribution in [0.1, 0.15) is 19.3 Å². The van der Waals surface area contributed by atoms with E-state index in [0.717, 1.165) is 6.42 Å². The summed E-state index contributed by atoms with van der Waals surface area (Å²) in [6.07, 6.45) is 2.01. The number of hydrogen-bond acceptors (Lipinski definition) is 3. The maximum absolute atomic E-state index is 11.2. The summed E-state index contributed by atoms with van der Waals surface area (Å²) < 4.78 is 0. The van der Waals surface area contributed by atoms with Gasteiger partial charge in [0.1, 0.15) is 0 Å². The largest absolute Gasteiger partial charge is 0.478 e. The van der Waals surface area contributed by atoms with E-state index >= 15 is 0 Å². The second-order valence-corrected chi connectivity index (χ2v) is 3.55. The zero-order valence-electron chi connectivity index (χ0n) is 8.68. The van der Waals surface area contributed by atoms with Gasteiger partial charge < -0.3 is 15.1 Å². The molecule has 1 aliphatic rings. The molecule has 1 saturated heterocycles. The predicted molar refractivity (Wildman–Crippen MR) is 53.8 cm³/mol. The van der Waals surface area contributed by atoms with Crippen molar-refractivity contribution in [2.75, 3.05) is 13.1 Å². The number of likely N-dealkylation sites (tertiary alicyclic amines) is 1. The Kier molecular flexibility index (Phi) is 4.04. The molecule has 1 rings (SSSR count). The molecule has 6 heteroatoms. The van der Waals surface area contributed by atoms with Crippen molar-refractivity contribution in [2.45, 2.75) is 19.3 Å². The first-order chi connectivity index (χ1) is 7.50. The monoisotopic (exact) mass is 227 g/mol. The van der Waals surface area contributed by atoms with Gasteiger partial charge in [0.25, 0.3) is 0 Å². The Hall–Kier alpha value is -1.85. The van der Waals surface area contributed by atoms with Gasteiger partial charge in [-0.3, -0.25) is 4.79 Å². The normalized spacial score (nSPS) is 16.6. The molecule has 0 radical (unpaired) electrons. The second kappa shape index (κ2) is 5.29. The zero-order valence-corrected chi connectivity index (χ0v) is 8.68. The Morgan fingerprint density at radius 3 is 2.50 bits per heavy atom. The van der Waals surface area contributed by atoms with Gasteiger partial charge >= 0.3 is 11.9 Å². The molecule has 1 amide bonds. The van der Waals surface area contributed by atoms with Crippen LogP contribution in [0.4, 0.5) is 0 Å². The van der Waals surface area contributed by atoms with Gasteiger partial charge in [-0.15, -0.1) is 0 Å². The molecule has 16 heavy (non-hydrogen) atoms. The van der Waals surface area contributed by atoms with Gasteiger partial charge in [0.05, 0.1) is 0 Å². The predicted octanol–water partition coefficient (Wildman–Crippen LogP) is 0.0945. The highest BCUT2D eigenvalue weighted by Gasteiger charge is 2.21. The van der Waals surface area contributed by atoms with Crippen LogP contribution in [0.2, 0.25) is 0 Å². The number of carboxylic acid groups (broad SMARTS) is 2. The summed E-state index contributed by atoms with van der Waals surface area (Å²) >= 11 is 0. The van der Waals surface area contributed by atoms with Gasteiger partial charge in [-0.1, -0.05) is 0 Å². The van der Waals surface area contributed by atoms with E-state index < -0.39 is 11.9 Å². The van der Waals surface area contributed by atoms with Crippen molar-refractivity contribution in [1.82, 2.24) is 4.90 Å². The smallest absolute Gasteiger partial charge is 0.331 e. The van der Waals surface area contributed by atoms with Crippen LogP contribution < -0.4 is 0 Å². The number of carbonyl (C=O) groups excluding carboxylic acids is 1. The zero-order chi connectivity index (χ0) is 12.1. The number of amides is 1. The first-order valence-electron chi connectivity index (χ1n) is 4.95. The molecule has 1 aliphatic heterocycles. The van der Waals surface area contributed by atoms with E-state index in [2.05, 4.69) is 0 Å². The molecule has 0 aliphatic carbocycles. The van der Waals surface area contributed by atoms with Crippen molar-refractivity contribution in [3.05, 3.63) is 11.6 Å². The molecule has 0 spiro atoms. The Labute approximate surface area is 92.2 Å². The number of aliphatic carboxylic acids is 2. The summed E-state index contributed by atoms with van der Waals surface area (Å²) in [5.41, 5.74) is -0.188. The van der Waals surface area contributed by atoms with Gasteiger partial charge in [0, 0.05) is 31.2 Å². The first kappa shape index (κ1) is 12.2. The van der Waals surface area contributed by atoms with Crippen molar-refractivity contribution >= 4 is 17.8 Å². The summed E-state index contributed by atoms with van der Waals surface area (Å²) in [5.74, 6) is -2.54. The maximum Gasteiger partial charge on any atom is 0.331 e. The lowest BCUT2D eigenvalue weighted by atomic mass is 10.1. The third-order valence-corrected chi connectivity index (χ3v) is 2.39. The van der Waals surface area contributed by atoms with Gasteiger partial charge in [-0.05, 0) is 12.8 Å². The molecule has 88 valence electrons. The molecule has 0 aromatic carbocycles. The standard InChI is InChI=1S/C10H13NO5/c12-8-2-1-4-11(8)5-3-7(10(15)16)6-9(13)14/h6H,1-5H2,(H,13,14)(H,15,16). The molecular formula is C10H13NO5. The van der Waals surface area contributed by atoms with Crippen LogP contribution in [0.15, 0.2) is 11.6 Å². The summed E-state index contributed by atoms with van der Waals surface area (Å²) in [5, 5.41) is 17.2. The number of nitrogens with zero attached hydrogens (tertiary/aromatic N) is 1. The molecule has 2 N–H and O–H groups in total. The number of hydrogen-bond donors (Lipinski definition) is 2. The Morgan fingerprint density at radius 2 is 2.06 bits per heavy atom. The van der Waals surface area contributed by atoms with Crippen LogP contribution in [0.5, 0.6) is 0 Å². The summed E-state index contributed by atoms with van der Waals surface area (Å²) in [6.45, 7) is 0.892. The van der Waals surface area contributed by atoms with Crippen molar-refractivity contribution in [1.29, 1.82) is 0 Å². The number of carbonyl (C=O) groups is 3. The third kappa shape index (κ3) is 3.38. The molecule has 1 heterocycles. The molecule has 0 aromatic rings. The summed E-state index contributed by atoms with van der Waals surface area (Å²) in [7, 11) is 0. The Morgan fingerprint density at radius 1 is 1.38 bits per heavy atom. The van der Waals surface area contributed by atoms with Crippen LogP contribution in [0.3, 0.4) is 0 Å². The van der Waals surface area contributed by atoms with E-state index in [9.17, 15) is 14.4 Å². The van der Waals surface area contributed by atoms with Crippen LogP contribution in [-0.2, 0) is 14.4 Å². The minimum Gasteiger partial charge on any atom is -0.478 e. The van der Waals surface area contributed by atoms with Crippen molar-refractivity contribution in [3.63, 3.8) is 0 Å². The maximum atomic E-state index is 11.2. The first-order valence-corrected chi connectivity index (χ1v) is 4.95. The van der Waals surface area contributed by atoms with E-state index in [-0.39, 0.29) is 24.4 Å². The second-order valence-electron chi connectivity index (χ2n) is 3.55. The molecule has 0 unspecified atom stereocenters. The van der Waals surface area contributed by atoms with E-state index in [1.165, 1.54) is 0 Å². The van der Waals surface area contributed by atoms with E-state index in [1.54, 1.807) is 4.90 Å². The Balaban J connectivity index is 2.53. The van der Waals surface area contributed by atoms with Gasteiger partial charge in [-0.2, -0.15) is 0 Å². The minimum absolute atomic E-state index is 0.0000591. The summed E-state index contributed by atoms with van der Waals surface area (Å²) in [4.78, 5) is 33.8. The van der Waals surface area contributed by atoms with Gasteiger partial charge in [0.2, 0.25) is 5.91 Å². The average Bonchev–Trinajstić information content (AvgIpc) is 2.57. The highest BCUT2D eigenvalue weighted by molar-refractivity contribution is 5.94. The van der Waals surface area contributed by atoms with E-state index in [0.29, 0.717) is 19.0 Å². The van der Waals surface area contributed by atoms with Crippen LogP contribution in [0, 0.1) is 0 Å². The minimum atomic E-state index is -1.29. The molecule has 1 fully saturated rings. The fourth-order valence-corrected chi connectivity index (χ4v) is 1.59. The lowest BCUT2D eigenvalue weighted by Crippen LogP contribution is -2.26. The fourth-order valence-electron chi connectivity index (χ4n) is 1.59. The lowest BCUT2D eigenvalue weighted by Gasteiger charge is -2.14. The van der Waals surface area contributed by atoms with Crippen LogP contribution in [0.25, 0.3) is 0 Å². The van der Waals surface area contributed by atoms with E-state index in [1.807, 2.05) is 0 Å². The highest BCUT2D eigenvalue weighted by atomic mass is 16.4. The molecule has 0 bridgehead atoms. The molecule has 0 saturated carbocycles. The topological polar surface area (TPSA) is 94.9 Å². The third-order valence-electron chi connectivity index (χ3n) is 2.39. The molecule has 0 atom stereocenters. The van der Waals surface area contributed by atoms with Crippen LogP contribution >= 0.6 is 0 Å². The van der Waals surface area contributed by atoms with Gasteiger partial charge in [0.15, 0.2) is 0 Å². The molecule has 6 nitrogen and oxygen atoms in total. The average molecular weight is 227 g/mol.